The summed E-state index contributed by atoms with van der Waals surface area (Å²) in [4.78, 5) is 30.6. The lowest BCUT2D eigenvalue weighted by atomic mass is 9.90. The summed E-state index contributed by atoms with van der Waals surface area (Å²) in [5.41, 5.74) is 7.03. The maximum absolute atomic E-state index is 12.7. The molecule has 1 saturated heterocycles. The summed E-state index contributed by atoms with van der Waals surface area (Å²) >= 11 is 0. The summed E-state index contributed by atoms with van der Waals surface area (Å²) in [6, 6.07) is 7.09. The fourth-order valence-electron chi connectivity index (χ4n) is 3.15. The van der Waals surface area contributed by atoms with Gasteiger partial charge in [0.2, 0.25) is 5.91 Å². The Kier molecular flexibility index (Phi) is 8.94. The molecule has 0 spiro atoms. The molecule has 28 heavy (non-hydrogen) atoms. The standard InChI is InChI=1S/C19H25N5O2.2ClH/c1-19(12-20)6-9-24(13-19)18(26)15-3-2-4-16(11-15)22-17(25)5-8-23-10-7-21-14-23;;/h2-4,7,10-11,14H,5-6,8-9,12-13,20H2,1H3,(H,22,25);2*1H. The minimum Gasteiger partial charge on any atom is -0.338 e. The molecule has 1 atom stereocenters. The van der Waals surface area contributed by atoms with Crippen LogP contribution in [0.2, 0.25) is 0 Å². The molecule has 1 unspecified atom stereocenters. The van der Waals surface area contributed by atoms with Gasteiger partial charge >= 0.3 is 0 Å². The zero-order valence-corrected chi connectivity index (χ0v) is 17.5. The molecular formula is C19H27Cl2N5O2. The Hall–Kier alpha value is -2.09. The van der Waals surface area contributed by atoms with Gasteiger partial charge in [0.15, 0.2) is 0 Å². The Labute approximate surface area is 177 Å². The fraction of sp³-hybridized carbons (Fsp3) is 0.421. The normalized spacial score (nSPS) is 18.1. The lowest BCUT2D eigenvalue weighted by molar-refractivity contribution is -0.116. The van der Waals surface area contributed by atoms with Crippen molar-refractivity contribution >= 4 is 42.3 Å². The van der Waals surface area contributed by atoms with E-state index in [4.69, 9.17) is 5.73 Å². The van der Waals surface area contributed by atoms with Gasteiger partial charge < -0.3 is 20.5 Å². The second-order valence-electron chi connectivity index (χ2n) is 7.17. The van der Waals surface area contributed by atoms with Crippen LogP contribution in [0.1, 0.15) is 30.1 Å². The predicted molar refractivity (Wildman–Crippen MR) is 114 cm³/mol. The number of nitrogens with two attached hydrogens (primary N) is 1. The van der Waals surface area contributed by atoms with Gasteiger partial charge in [0, 0.05) is 49.7 Å². The van der Waals surface area contributed by atoms with Gasteiger partial charge in [-0.15, -0.1) is 24.8 Å². The van der Waals surface area contributed by atoms with E-state index in [2.05, 4.69) is 17.2 Å². The van der Waals surface area contributed by atoms with Crippen LogP contribution >= 0.6 is 24.8 Å². The molecule has 0 bridgehead atoms. The molecule has 2 aromatic rings. The number of anilines is 1. The van der Waals surface area contributed by atoms with Crippen LogP contribution in [0.25, 0.3) is 0 Å². The number of hydrogen-bond acceptors (Lipinski definition) is 4. The Bertz CT molecular complexity index is 784. The number of amides is 2. The molecule has 0 saturated carbocycles. The number of likely N-dealkylation sites (tertiary alicyclic amines) is 1. The van der Waals surface area contributed by atoms with Gasteiger partial charge in [0.1, 0.15) is 0 Å². The molecule has 2 amide bonds. The number of hydrogen-bond donors (Lipinski definition) is 2. The van der Waals surface area contributed by atoms with E-state index in [9.17, 15) is 9.59 Å². The molecule has 1 fully saturated rings. The predicted octanol–water partition coefficient (Wildman–Crippen LogP) is 2.57. The molecule has 9 heteroatoms. The minimum absolute atomic E-state index is 0. The highest BCUT2D eigenvalue weighted by Gasteiger charge is 2.35. The average molecular weight is 428 g/mol. The zero-order chi connectivity index (χ0) is 18.6. The molecule has 7 nitrogen and oxygen atoms in total. The van der Waals surface area contributed by atoms with Crippen LogP contribution in [0.3, 0.4) is 0 Å². The number of carbonyl (C=O) groups is 2. The summed E-state index contributed by atoms with van der Waals surface area (Å²) in [6.07, 6.45) is 6.44. The van der Waals surface area contributed by atoms with Crippen molar-refractivity contribution < 1.29 is 9.59 Å². The Morgan fingerprint density at radius 1 is 1.32 bits per heavy atom. The van der Waals surface area contributed by atoms with Crippen molar-refractivity contribution in [2.24, 2.45) is 11.1 Å². The van der Waals surface area contributed by atoms with Gasteiger partial charge in [-0.2, -0.15) is 0 Å². The summed E-state index contributed by atoms with van der Waals surface area (Å²) in [6.45, 7) is 4.63. The van der Waals surface area contributed by atoms with Crippen molar-refractivity contribution in [1.82, 2.24) is 14.5 Å². The highest BCUT2D eigenvalue weighted by atomic mass is 35.5. The first kappa shape index (κ1) is 23.9. The number of nitrogens with one attached hydrogen (secondary N) is 1. The summed E-state index contributed by atoms with van der Waals surface area (Å²) in [7, 11) is 0. The third-order valence-electron chi connectivity index (χ3n) is 4.89. The maximum atomic E-state index is 12.7. The van der Waals surface area contributed by atoms with Crippen LogP contribution < -0.4 is 11.1 Å². The molecule has 1 aromatic carbocycles. The van der Waals surface area contributed by atoms with E-state index in [0.29, 0.717) is 43.9 Å². The number of aromatic nitrogens is 2. The molecule has 1 aromatic heterocycles. The highest BCUT2D eigenvalue weighted by molar-refractivity contribution is 5.97. The first-order valence-corrected chi connectivity index (χ1v) is 8.84. The van der Waals surface area contributed by atoms with Crippen LogP contribution in [0.4, 0.5) is 5.69 Å². The van der Waals surface area contributed by atoms with Gasteiger partial charge in [0.05, 0.1) is 6.33 Å². The van der Waals surface area contributed by atoms with Crippen LogP contribution in [0.5, 0.6) is 0 Å². The number of benzene rings is 1. The van der Waals surface area contributed by atoms with E-state index < -0.39 is 0 Å². The first-order chi connectivity index (χ1) is 12.5. The lowest BCUT2D eigenvalue weighted by Crippen LogP contribution is -2.34. The molecular weight excluding hydrogens is 401 g/mol. The summed E-state index contributed by atoms with van der Waals surface area (Å²) in [5, 5.41) is 2.85. The molecule has 154 valence electrons. The van der Waals surface area contributed by atoms with E-state index in [1.807, 2.05) is 15.7 Å². The quantitative estimate of drug-likeness (QED) is 0.740. The molecule has 3 N–H and O–H groups in total. The van der Waals surface area contributed by atoms with Crippen molar-refractivity contribution in [2.75, 3.05) is 25.0 Å². The molecule has 0 aliphatic carbocycles. The van der Waals surface area contributed by atoms with Crippen LogP contribution in [0, 0.1) is 5.41 Å². The number of nitrogens with zero attached hydrogens (tertiary/aromatic N) is 3. The van der Waals surface area contributed by atoms with Crippen molar-refractivity contribution in [3.05, 3.63) is 48.5 Å². The van der Waals surface area contributed by atoms with Crippen molar-refractivity contribution in [3.8, 4) is 0 Å². The van der Waals surface area contributed by atoms with Crippen molar-refractivity contribution in [3.63, 3.8) is 0 Å². The topological polar surface area (TPSA) is 93.3 Å². The van der Waals surface area contributed by atoms with Crippen LogP contribution in [-0.4, -0.2) is 45.9 Å². The number of rotatable bonds is 6. The summed E-state index contributed by atoms with van der Waals surface area (Å²) in [5.74, 6) is -0.114. The molecule has 2 heterocycles. The third-order valence-corrected chi connectivity index (χ3v) is 4.89. The molecule has 1 aliphatic rings. The number of imidazole rings is 1. The van der Waals surface area contributed by atoms with Crippen LogP contribution in [0.15, 0.2) is 43.0 Å². The smallest absolute Gasteiger partial charge is 0.253 e. The Balaban J connectivity index is 0.00000196. The van der Waals surface area contributed by atoms with Gasteiger partial charge in [-0.05, 0) is 36.6 Å². The Morgan fingerprint density at radius 3 is 2.75 bits per heavy atom. The molecule has 1 aliphatic heterocycles. The van der Waals surface area contributed by atoms with Gasteiger partial charge in [-0.3, -0.25) is 9.59 Å². The monoisotopic (exact) mass is 427 g/mol. The van der Waals surface area contributed by atoms with E-state index in [-0.39, 0.29) is 42.0 Å². The third kappa shape index (κ3) is 5.95. The second kappa shape index (κ2) is 10.5. The Morgan fingerprint density at radius 2 is 2.11 bits per heavy atom. The van der Waals surface area contributed by atoms with E-state index in [1.165, 1.54) is 0 Å². The lowest BCUT2D eigenvalue weighted by Gasteiger charge is -2.22. The summed E-state index contributed by atoms with van der Waals surface area (Å²) < 4.78 is 1.85. The maximum Gasteiger partial charge on any atom is 0.253 e. The van der Waals surface area contributed by atoms with Crippen LogP contribution in [-0.2, 0) is 11.3 Å². The number of halogens is 2. The van der Waals surface area contributed by atoms with E-state index >= 15 is 0 Å². The molecule has 3 rings (SSSR count). The van der Waals surface area contributed by atoms with Gasteiger partial charge in [-0.25, -0.2) is 4.98 Å². The zero-order valence-electron chi connectivity index (χ0n) is 15.8. The first-order valence-electron chi connectivity index (χ1n) is 8.84. The number of carbonyl (C=O) groups excluding carboxylic acids is 2. The fourth-order valence-corrected chi connectivity index (χ4v) is 3.15. The second-order valence-corrected chi connectivity index (χ2v) is 7.17. The average Bonchev–Trinajstić information content (AvgIpc) is 3.30. The number of aryl methyl sites for hydroxylation is 1. The minimum atomic E-state index is -0.0971. The largest absolute Gasteiger partial charge is 0.338 e. The molecule has 0 radical (unpaired) electrons. The van der Waals surface area contributed by atoms with Gasteiger partial charge in [-0.1, -0.05) is 13.0 Å². The van der Waals surface area contributed by atoms with Crippen molar-refractivity contribution in [1.29, 1.82) is 0 Å². The van der Waals surface area contributed by atoms with E-state index in [0.717, 1.165) is 6.42 Å². The van der Waals surface area contributed by atoms with Crippen molar-refractivity contribution in [2.45, 2.75) is 26.3 Å². The van der Waals surface area contributed by atoms with Gasteiger partial charge in [0.25, 0.3) is 5.91 Å². The SMILES string of the molecule is CC1(CN)CCN(C(=O)c2cccc(NC(=O)CCn3ccnc3)c2)C1.Cl.Cl. The van der Waals surface area contributed by atoms with E-state index in [1.54, 1.807) is 36.8 Å². The highest BCUT2D eigenvalue weighted by Crippen LogP contribution is 2.29.